The van der Waals surface area contributed by atoms with Gasteiger partial charge in [0.15, 0.2) is 0 Å². The number of ether oxygens (including phenoxy) is 1. The minimum atomic E-state index is -0.726. The van der Waals surface area contributed by atoms with Gasteiger partial charge in [-0.15, -0.1) is 0 Å². The normalized spacial score (nSPS) is 20.7. The van der Waals surface area contributed by atoms with Gasteiger partial charge < -0.3 is 9.84 Å². The van der Waals surface area contributed by atoms with Gasteiger partial charge in [-0.05, 0) is 43.9 Å². The van der Waals surface area contributed by atoms with Crippen molar-refractivity contribution in [1.82, 2.24) is 0 Å². The zero-order chi connectivity index (χ0) is 12.5. The number of hydrogen-bond donors (Lipinski definition) is 1. The molecule has 1 saturated carbocycles. The van der Waals surface area contributed by atoms with E-state index >= 15 is 0 Å². The zero-order valence-corrected chi connectivity index (χ0v) is 11.0. The predicted octanol–water partition coefficient (Wildman–Crippen LogP) is 3.48. The van der Waals surface area contributed by atoms with Gasteiger partial charge in [-0.2, -0.15) is 0 Å². The molecule has 1 N–H and O–H groups in total. The fraction of sp³-hybridized carbons (Fsp3) is 0.600. The van der Waals surface area contributed by atoms with Gasteiger partial charge in [0.05, 0.1) is 12.2 Å². The van der Waals surface area contributed by atoms with E-state index < -0.39 is 5.60 Å². The highest BCUT2D eigenvalue weighted by Gasteiger charge is 2.52. The molecule has 2 heteroatoms. The molecule has 0 radical (unpaired) electrons. The summed E-state index contributed by atoms with van der Waals surface area (Å²) < 4.78 is 5.54. The molecular weight excluding hydrogens is 212 g/mol. The average molecular weight is 234 g/mol. The Morgan fingerprint density at radius 3 is 2.35 bits per heavy atom. The Morgan fingerprint density at radius 2 is 1.88 bits per heavy atom. The first-order valence-corrected chi connectivity index (χ1v) is 6.45. The first-order chi connectivity index (χ1) is 7.99. The highest BCUT2D eigenvalue weighted by Crippen LogP contribution is 2.57. The minimum Gasteiger partial charge on any atom is -0.494 e. The first kappa shape index (κ1) is 12.4. The Kier molecular flexibility index (Phi) is 3.17. The third-order valence-corrected chi connectivity index (χ3v) is 4.06. The van der Waals surface area contributed by atoms with Gasteiger partial charge >= 0.3 is 0 Å². The molecule has 0 amide bonds. The van der Waals surface area contributed by atoms with Crippen LogP contribution < -0.4 is 4.74 Å². The van der Waals surface area contributed by atoms with Gasteiger partial charge in [0.25, 0.3) is 0 Å². The Hall–Kier alpha value is -1.02. The first-order valence-electron chi connectivity index (χ1n) is 6.45. The molecule has 1 aromatic rings. The second-order valence-electron chi connectivity index (χ2n) is 5.51. The van der Waals surface area contributed by atoms with E-state index in [0.717, 1.165) is 37.2 Å². The maximum Gasteiger partial charge on any atom is 0.119 e. The molecule has 0 saturated heterocycles. The molecule has 2 nitrogen and oxygen atoms in total. The van der Waals surface area contributed by atoms with Crippen molar-refractivity contribution in [2.45, 2.75) is 45.6 Å². The lowest BCUT2D eigenvalue weighted by atomic mass is 9.81. The quantitative estimate of drug-likeness (QED) is 0.845. The van der Waals surface area contributed by atoms with Crippen molar-refractivity contribution in [2.75, 3.05) is 6.61 Å². The fourth-order valence-electron chi connectivity index (χ4n) is 2.12. The van der Waals surface area contributed by atoms with Crippen LogP contribution in [0.1, 0.15) is 45.6 Å². The van der Waals surface area contributed by atoms with E-state index in [0.29, 0.717) is 0 Å². The van der Waals surface area contributed by atoms with Crippen LogP contribution in [0.2, 0.25) is 0 Å². The zero-order valence-electron chi connectivity index (χ0n) is 11.0. The van der Waals surface area contributed by atoms with Crippen LogP contribution in [0.3, 0.4) is 0 Å². The van der Waals surface area contributed by atoms with Gasteiger partial charge in [0.2, 0.25) is 0 Å². The molecule has 1 fully saturated rings. The second kappa shape index (κ2) is 4.34. The van der Waals surface area contributed by atoms with Crippen LogP contribution in [0.5, 0.6) is 5.75 Å². The van der Waals surface area contributed by atoms with Crippen molar-refractivity contribution >= 4 is 0 Å². The Labute approximate surface area is 104 Å². The topological polar surface area (TPSA) is 29.5 Å². The summed E-state index contributed by atoms with van der Waals surface area (Å²) in [5, 5.41) is 10.6. The van der Waals surface area contributed by atoms with Crippen LogP contribution in [0, 0.1) is 5.41 Å². The summed E-state index contributed by atoms with van der Waals surface area (Å²) in [5.41, 5.74) is 0.316. The van der Waals surface area contributed by atoms with Crippen molar-refractivity contribution in [2.24, 2.45) is 5.41 Å². The third-order valence-electron chi connectivity index (χ3n) is 4.06. The summed E-state index contributed by atoms with van der Waals surface area (Å²) in [7, 11) is 0. The Morgan fingerprint density at radius 1 is 1.29 bits per heavy atom. The van der Waals surface area contributed by atoms with Crippen LogP contribution >= 0.6 is 0 Å². The van der Waals surface area contributed by atoms with Gasteiger partial charge in [-0.25, -0.2) is 0 Å². The van der Waals surface area contributed by atoms with Crippen LogP contribution in [0.15, 0.2) is 24.3 Å². The van der Waals surface area contributed by atoms with E-state index in [1.807, 2.05) is 31.2 Å². The fourth-order valence-corrected chi connectivity index (χ4v) is 2.12. The largest absolute Gasteiger partial charge is 0.494 e. The molecule has 1 unspecified atom stereocenters. The van der Waals surface area contributed by atoms with Gasteiger partial charge in [0, 0.05) is 5.41 Å². The van der Waals surface area contributed by atoms with Gasteiger partial charge in [-0.3, -0.25) is 0 Å². The predicted molar refractivity (Wildman–Crippen MR) is 69.1 cm³/mol. The molecule has 1 atom stereocenters. The molecular formula is C15H22O2. The molecule has 2 rings (SSSR count). The summed E-state index contributed by atoms with van der Waals surface area (Å²) in [6.07, 6.45) is 3.22. The molecule has 0 spiro atoms. The van der Waals surface area contributed by atoms with Crippen molar-refractivity contribution in [3.05, 3.63) is 29.8 Å². The van der Waals surface area contributed by atoms with E-state index in [1.54, 1.807) is 0 Å². The van der Waals surface area contributed by atoms with Crippen molar-refractivity contribution in [3.63, 3.8) is 0 Å². The minimum absolute atomic E-state index is 0.0544. The van der Waals surface area contributed by atoms with E-state index in [1.165, 1.54) is 0 Å². The van der Waals surface area contributed by atoms with E-state index in [-0.39, 0.29) is 5.41 Å². The van der Waals surface area contributed by atoms with E-state index in [4.69, 9.17) is 4.74 Å². The summed E-state index contributed by atoms with van der Waals surface area (Å²) in [6, 6.07) is 7.86. The molecule has 0 bridgehead atoms. The average Bonchev–Trinajstić information content (AvgIpc) is 3.07. The Bertz CT molecular complexity index is 374. The van der Waals surface area contributed by atoms with Crippen LogP contribution in [0.25, 0.3) is 0 Å². The number of rotatable bonds is 5. The number of hydrogen-bond acceptors (Lipinski definition) is 2. The molecule has 94 valence electrons. The lowest BCUT2D eigenvalue weighted by molar-refractivity contribution is -0.0127. The van der Waals surface area contributed by atoms with Crippen molar-refractivity contribution in [1.29, 1.82) is 0 Å². The van der Waals surface area contributed by atoms with Crippen LogP contribution in [-0.2, 0) is 5.60 Å². The van der Waals surface area contributed by atoms with Crippen LogP contribution in [0.4, 0.5) is 0 Å². The Balaban J connectivity index is 2.12. The highest BCUT2D eigenvalue weighted by molar-refractivity contribution is 5.33. The lowest BCUT2D eigenvalue weighted by Gasteiger charge is -2.31. The van der Waals surface area contributed by atoms with Crippen molar-refractivity contribution in [3.8, 4) is 5.75 Å². The number of aliphatic hydroxyl groups is 1. The van der Waals surface area contributed by atoms with E-state index in [2.05, 4.69) is 13.8 Å². The maximum atomic E-state index is 10.6. The van der Waals surface area contributed by atoms with Gasteiger partial charge in [-0.1, -0.05) is 26.0 Å². The highest BCUT2D eigenvalue weighted by atomic mass is 16.5. The summed E-state index contributed by atoms with van der Waals surface area (Å²) in [6.45, 7) is 6.90. The standard InChI is InChI=1S/C15H22O2/c1-4-11-17-13-7-5-12(6-8-13)15(3,16)14(2)9-10-14/h5-8,16H,4,9-11H2,1-3H3. The molecule has 1 aliphatic rings. The second-order valence-corrected chi connectivity index (χ2v) is 5.51. The number of benzene rings is 1. The van der Waals surface area contributed by atoms with Crippen molar-refractivity contribution < 1.29 is 9.84 Å². The molecule has 0 heterocycles. The molecule has 17 heavy (non-hydrogen) atoms. The lowest BCUT2D eigenvalue weighted by Crippen LogP contribution is -2.31. The molecule has 0 aliphatic heterocycles. The third kappa shape index (κ3) is 2.32. The smallest absolute Gasteiger partial charge is 0.119 e. The van der Waals surface area contributed by atoms with Crippen LogP contribution in [-0.4, -0.2) is 11.7 Å². The summed E-state index contributed by atoms with van der Waals surface area (Å²) in [5.74, 6) is 0.882. The van der Waals surface area contributed by atoms with E-state index in [9.17, 15) is 5.11 Å². The molecule has 1 aliphatic carbocycles. The molecule has 0 aromatic heterocycles. The monoisotopic (exact) mass is 234 g/mol. The summed E-state index contributed by atoms with van der Waals surface area (Å²) in [4.78, 5) is 0. The SMILES string of the molecule is CCCOc1ccc(C(C)(O)C2(C)CC2)cc1. The maximum absolute atomic E-state index is 10.6. The van der Waals surface area contributed by atoms with Gasteiger partial charge in [0.1, 0.15) is 5.75 Å². The molecule has 1 aromatic carbocycles. The summed E-state index contributed by atoms with van der Waals surface area (Å²) >= 11 is 0.